The minimum Gasteiger partial charge on any atom is -0.478 e. The molecule has 3 aromatic rings. The topological polar surface area (TPSA) is 115 Å². The van der Waals surface area contributed by atoms with E-state index in [4.69, 9.17) is 14.7 Å². The number of carboxylic acid groups (broad SMARTS) is 1. The van der Waals surface area contributed by atoms with Crippen LogP contribution < -0.4 is 10.1 Å². The number of carboxylic acids is 1. The Balaban J connectivity index is 1.69. The second kappa shape index (κ2) is 11.5. The summed E-state index contributed by atoms with van der Waals surface area (Å²) in [5, 5.41) is 13.4. The Kier molecular flexibility index (Phi) is 8.05. The van der Waals surface area contributed by atoms with E-state index in [2.05, 4.69) is 53.6 Å². The number of nitrogens with zero attached hydrogens (tertiary/aromatic N) is 5. The number of hydrogen-bond acceptors (Lipinski definition) is 7. The second-order valence-corrected chi connectivity index (χ2v) is 11.9. The van der Waals surface area contributed by atoms with Gasteiger partial charge in [-0.2, -0.15) is 0 Å². The van der Waals surface area contributed by atoms with Crippen LogP contribution in [0.5, 0.6) is 5.88 Å². The molecule has 0 spiro atoms. The number of fused-ring (bicyclic) bond motifs is 1. The second-order valence-electron chi connectivity index (χ2n) is 11.9. The van der Waals surface area contributed by atoms with Gasteiger partial charge in [-0.05, 0) is 74.8 Å². The molecule has 210 valence electrons. The predicted octanol–water partition coefficient (Wildman–Crippen LogP) is 6.54. The molecule has 2 aliphatic carbocycles. The molecule has 2 N–H and O–H groups in total. The van der Waals surface area contributed by atoms with Gasteiger partial charge in [0.15, 0.2) is 17.3 Å². The van der Waals surface area contributed by atoms with Crippen LogP contribution in [0.25, 0.3) is 22.7 Å². The number of ether oxygens (including phenoxy) is 1. The highest BCUT2D eigenvalue weighted by Gasteiger charge is 2.29. The molecule has 39 heavy (non-hydrogen) atoms. The van der Waals surface area contributed by atoms with Gasteiger partial charge < -0.3 is 19.7 Å². The monoisotopic (exact) mass is 534 g/mol. The lowest BCUT2D eigenvalue weighted by Gasteiger charge is -2.32. The molecule has 0 aromatic carbocycles. The van der Waals surface area contributed by atoms with E-state index in [1.54, 1.807) is 0 Å². The van der Waals surface area contributed by atoms with Gasteiger partial charge in [-0.1, -0.05) is 40.0 Å². The molecule has 9 nitrogen and oxygen atoms in total. The van der Waals surface area contributed by atoms with Crippen molar-refractivity contribution in [2.24, 2.45) is 17.8 Å². The minimum absolute atomic E-state index is 0.174. The summed E-state index contributed by atoms with van der Waals surface area (Å²) < 4.78 is 8.03. The molecule has 9 heteroatoms. The van der Waals surface area contributed by atoms with Crippen molar-refractivity contribution in [3.63, 3.8) is 0 Å². The summed E-state index contributed by atoms with van der Waals surface area (Å²) in [4.78, 5) is 30.7. The molecule has 2 fully saturated rings. The molecule has 0 saturated heterocycles. The number of aromatic carboxylic acids is 1. The largest absolute Gasteiger partial charge is 0.478 e. The van der Waals surface area contributed by atoms with Crippen molar-refractivity contribution in [1.82, 2.24) is 24.5 Å². The molecule has 3 heterocycles. The van der Waals surface area contributed by atoms with E-state index in [1.165, 1.54) is 32.1 Å². The van der Waals surface area contributed by atoms with Crippen LogP contribution in [-0.4, -0.2) is 48.2 Å². The van der Waals surface area contributed by atoms with Gasteiger partial charge in [0, 0.05) is 18.7 Å². The number of aromatic nitrogens is 5. The van der Waals surface area contributed by atoms with Crippen molar-refractivity contribution in [3.05, 3.63) is 23.5 Å². The maximum atomic E-state index is 12.0. The van der Waals surface area contributed by atoms with Crippen molar-refractivity contribution < 1.29 is 14.6 Å². The SMILES string of the molecule is CCOc1cc(C(C)C)cc(-c2nc3nc(C(=O)O)nc(N[C@H](C)C4CCC4)c3n2CC2CCC(C)CC2)n1. The van der Waals surface area contributed by atoms with Crippen LogP contribution in [0.4, 0.5) is 5.82 Å². The average Bonchev–Trinajstić information content (AvgIpc) is 3.22. The van der Waals surface area contributed by atoms with Gasteiger partial charge in [-0.3, -0.25) is 0 Å². The normalized spacial score (nSPS) is 20.7. The van der Waals surface area contributed by atoms with Crippen molar-refractivity contribution >= 4 is 23.0 Å². The number of imidazole rings is 1. The van der Waals surface area contributed by atoms with Crippen molar-refractivity contribution in [2.45, 2.75) is 98.1 Å². The first-order valence-electron chi connectivity index (χ1n) is 14.7. The Labute approximate surface area is 230 Å². The minimum atomic E-state index is -1.16. The molecular formula is C30H42N6O3. The third-order valence-electron chi connectivity index (χ3n) is 8.60. The summed E-state index contributed by atoms with van der Waals surface area (Å²) in [6, 6.07) is 4.24. The van der Waals surface area contributed by atoms with Crippen LogP contribution in [0.2, 0.25) is 0 Å². The molecule has 0 aliphatic heterocycles. The summed E-state index contributed by atoms with van der Waals surface area (Å²) in [7, 11) is 0. The lowest BCUT2D eigenvalue weighted by atomic mass is 9.80. The molecule has 0 radical (unpaired) electrons. The summed E-state index contributed by atoms with van der Waals surface area (Å²) in [6.07, 6.45) is 8.31. The molecule has 0 amide bonds. The van der Waals surface area contributed by atoms with E-state index >= 15 is 0 Å². The predicted molar refractivity (Wildman–Crippen MR) is 152 cm³/mol. The van der Waals surface area contributed by atoms with Gasteiger partial charge in [0.1, 0.15) is 11.2 Å². The quantitative estimate of drug-likeness (QED) is 0.301. The highest BCUT2D eigenvalue weighted by Crippen LogP contribution is 2.36. The van der Waals surface area contributed by atoms with Crippen LogP contribution in [0.15, 0.2) is 12.1 Å². The van der Waals surface area contributed by atoms with Crippen LogP contribution >= 0.6 is 0 Å². The fourth-order valence-corrected chi connectivity index (χ4v) is 5.84. The fourth-order valence-electron chi connectivity index (χ4n) is 5.84. The average molecular weight is 535 g/mol. The summed E-state index contributed by atoms with van der Waals surface area (Å²) in [5.41, 5.74) is 2.97. The highest BCUT2D eigenvalue weighted by molar-refractivity contribution is 5.92. The maximum Gasteiger partial charge on any atom is 0.374 e. The summed E-state index contributed by atoms with van der Waals surface area (Å²) >= 11 is 0. The summed E-state index contributed by atoms with van der Waals surface area (Å²) in [5.74, 6) is 2.47. The van der Waals surface area contributed by atoms with E-state index in [9.17, 15) is 9.90 Å². The molecular weight excluding hydrogens is 492 g/mol. The Morgan fingerprint density at radius 3 is 2.44 bits per heavy atom. The lowest BCUT2D eigenvalue weighted by Crippen LogP contribution is -2.31. The third kappa shape index (κ3) is 5.87. The van der Waals surface area contributed by atoms with Crippen molar-refractivity contribution in [3.8, 4) is 17.4 Å². The third-order valence-corrected chi connectivity index (χ3v) is 8.60. The molecule has 2 saturated carbocycles. The van der Waals surface area contributed by atoms with Crippen LogP contribution in [-0.2, 0) is 6.54 Å². The zero-order valence-electron chi connectivity index (χ0n) is 23.9. The van der Waals surface area contributed by atoms with Gasteiger partial charge in [-0.25, -0.2) is 24.7 Å². The molecule has 3 aromatic heterocycles. The van der Waals surface area contributed by atoms with Gasteiger partial charge in [0.2, 0.25) is 11.7 Å². The Morgan fingerprint density at radius 2 is 1.82 bits per heavy atom. The van der Waals surface area contributed by atoms with Gasteiger partial charge in [-0.15, -0.1) is 0 Å². The van der Waals surface area contributed by atoms with E-state index in [1.807, 2.05) is 13.0 Å². The van der Waals surface area contributed by atoms with Gasteiger partial charge in [0.25, 0.3) is 0 Å². The Morgan fingerprint density at radius 1 is 1.08 bits per heavy atom. The van der Waals surface area contributed by atoms with E-state index in [-0.39, 0.29) is 17.8 Å². The smallest absolute Gasteiger partial charge is 0.374 e. The number of nitrogens with one attached hydrogen (secondary N) is 1. The first-order valence-corrected chi connectivity index (χ1v) is 14.7. The van der Waals surface area contributed by atoms with Crippen LogP contribution in [0, 0.1) is 17.8 Å². The highest BCUT2D eigenvalue weighted by atomic mass is 16.5. The number of pyridine rings is 1. The molecule has 0 unspecified atom stereocenters. The lowest BCUT2D eigenvalue weighted by molar-refractivity contribution is 0.0684. The van der Waals surface area contributed by atoms with E-state index in [0.717, 1.165) is 36.4 Å². The molecule has 0 bridgehead atoms. The summed E-state index contributed by atoms with van der Waals surface area (Å²) in [6.45, 7) is 12.0. The van der Waals surface area contributed by atoms with E-state index in [0.29, 0.717) is 47.3 Å². The van der Waals surface area contributed by atoms with Crippen molar-refractivity contribution in [1.29, 1.82) is 0 Å². The number of rotatable bonds is 10. The number of anilines is 1. The molecule has 1 atom stereocenters. The standard InChI is InChI=1S/C30H42N6O3/c1-6-39-24-15-22(17(2)3)14-23(32-24)29-35-27-25(36(29)16-20-12-10-18(4)11-13-20)26(33-28(34-27)30(37)38)31-19(5)21-8-7-9-21/h14-15,17-21H,6-13,16H2,1-5H3,(H,37,38)(H,31,33,34)/t18?,19-,20?/m1/s1. The fraction of sp³-hybridized carbons (Fsp3) is 0.633. The zero-order valence-corrected chi connectivity index (χ0v) is 23.9. The number of hydrogen-bond donors (Lipinski definition) is 2. The maximum absolute atomic E-state index is 12.0. The van der Waals surface area contributed by atoms with Crippen LogP contribution in [0.1, 0.15) is 102 Å². The van der Waals surface area contributed by atoms with Crippen LogP contribution in [0.3, 0.4) is 0 Å². The van der Waals surface area contributed by atoms with Crippen molar-refractivity contribution in [2.75, 3.05) is 11.9 Å². The molecule has 2 aliphatic rings. The van der Waals surface area contributed by atoms with Gasteiger partial charge >= 0.3 is 5.97 Å². The molecule has 5 rings (SSSR count). The number of carbonyl (C=O) groups is 1. The van der Waals surface area contributed by atoms with Gasteiger partial charge in [0.05, 0.1) is 6.61 Å². The first-order chi connectivity index (χ1) is 18.7. The Bertz CT molecular complexity index is 1320. The first kappa shape index (κ1) is 27.3. The van der Waals surface area contributed by atoms with E-state index < -0.39 is 5.97 Å². The zero-order chi connectivity index (χ0) is 27.7. The Hall–Kier alpha value is -3.23.